The van der Waals surface area contributed by atoms with Gasteiger partial charge in [0.15, 0.2) is 0 Å². The number of hydrogen-bond donors (Lipinski definition) is 0. The van der Waals surface area contributed by atoms with E-state index in [4.69, 9.17) is 16.3 Å². The summed E-state index contributed by atoms with van der Waals surface area (Å²) in [6.07, 6.45) is -3.93. The summed E-state index contributed by atoms with van der Waals surface area (Å²) in [5, 5.41) is 7.54. The lowest BCUT2D eigenvalue weighted by Crippen LogP contribution is -2.06. The first kappa shape index (κ1) is 15.5. The molecule has 0 aliphatic carbocycles. The zero-order valence-electron chi connectivity index (χ0n) is 11.2. The Balaban J connectivity index is 2.59. The summed E-state index contributed by atoms with van der Waals surface area (Å²) in [4.78, 5) is 4.03. The number of ether oxygens (including phenoxy) is 1. The van der Waals surface area contributed by atoms with Gasteiger partial charge < -0.3 is 4.74 Å². The molecule has 2 aromatic rings. The van der Waals surface area contributed by atoms with Gasteiger partial charge in [-0.2, -0.15) is 13.2 Å². The summed E-state index contributed by atoms with van der Waals surface area (Å²) in [6, 6.07) is 3.18. The topological polar surface area (TPSA) is 47.9 Å². The molecule has 0 saturated carbocycles. The highest BCUT2D eigenvalue weighted by atomic mass is 35.5. The van der Waals surface area contributed by atoms with Crippen LogP contribution in [0.25, 0.3) is 11.3 Å². The Morgan fingerprint density at radius 1 is 1.24 bits per heavy atom. The smallest absolute Gasteiger partial charge is 0.416 e. The molecule has 4 nitrogen and oxygen atoms in total. The third kappa shape index (κ3) is 3.24. The summed E-state index contributed by atoms with van der Waals surface area (Å²) in [7, 11) is 1.29. The summed E-state index contributed by atoms with van der Waals surface area (Å²) in [6.45, 7) is 1.83. The van der Waals surface area contributed by atoms with Crippen LogP contribution in [0, 0.1) is 0 Å². The number of benzene rings is 1. The van der Waals surface area contributed by atoms with Gasteiger partial charge in [-0.15, -0.1) is 10.2 Å². The highest BCUT2D eigenvalue weighted by molar-refractivity contribution is 6.28. The van der Waals surface area contributed by atoms with Crippen LogP contribution >= 0.6 is 11.6 Å². The fourth-order valence-corrected chi connectivity index (χ4v) is 1.99. The van der Waals surface area contributed by atoms with E-state index >= 15 is 0 Å². The van der Waals surface area contributed by atoms with Crippen molar-refractivity contribution in [3.63, 3.8) is 0 Å². The summed E-state index contributed by atoms with van der Waals surface area (Å²) >= 11 is 5.68. The van der Waals surface area contributed by atoms with Crippen LogP contribution in [0.5, 0.6) is 5.75 Å². The molecule has 0 amide bonds. The van der Waals surface area contributed by atoms with Crippen LogP contribution in [0.3, 0.4) is 0 Å². The molecule has 0 atom stereocenters. The number of rotatable bonds is 3. The third-order valence-corrected chi connectivity index (χ3v) is 3.01. The zero-order chi connectivity index (χ0) is 15.6. The number of aromatic nitrogens is 3. The van der Waals surface area contributed by atoms with Gasteiger partial charge in [0.2, 0.25) is 5.28 Å². The van der Waals surface area contributed by atoms with Gasteiger partial charge in [0.1, 0.15) is 11.4 Å². The quantitative estimate of drug-likeness (QED) is 0.864. The van der Waals surface area contributed by atoms with Gasteiger partial charge >= 0.3 is 6.18 Å². The molecule has 2 rings (SSSR count). The number of nitrogens with zero attached hydrogens (tertiary/aromatic N) is 3. The van der Waals surface area contributed by atoms with Crippen LogP contribution < -0.4 is 4.74 Å². The molecular weight excluding hydrogens is 307 g/mol. The average molecular weight is 318 g/mol. The minimum absolute atomic E-state index is 0.0125. The molecule has 0 aliphatic heterocycles. The van der Waals surface area contributed by atoms with E-state index in [1.54, 1.807) is 0 Å². The van der Waals surface area contributed by atoms with E-state index in [1.807, 2.05) is 6.92 Å². The van der Waals surface area contributed by atoms with Gasteiger partial charge in [-0.1, -0.05) is 6.92 Å². The van der Waals surface area contributed by atoms with Gasteiger partial charge in [0.05, 0.1) is 18.4 Å². The second-order valence-electron chi connectivity index (χ2n) is 4.14. The van der Waals surface area contributed by atoms with Crippen molar-refractivity contribution in [3.8, 4) is 17.0 Å². The largest absolute Gasteiger partial charge is 0.496 e. The first-order valence-electron chi connectivity index (χ1n) is 6.01. The maximum absolute atomic E-state index is 12.7. The van der Waals surface area contributed by atoms with Gasteiger partial charge in [0, 0.05) is 5.56 Å². The molecule has 0 unspecified atom stereocenters. The van der Waals surface area contributed by atoms with Crippen molar-refractivity contribution in [2.24, 2.45) is 0 Å². The van der Waals surface area contributed by atoms with Crippen LogP contribution in [0.4, 0.5) is 13.2 Å². The number of halogens is 4. The molecule has 0 saturated heterocycles. The molecular formula is C13H11ClF3N3O. The molecule has 21 heavy (non-hydrogen) atoms. The normalized spacial score (nSPS) is 11.5. The molecule has 0 bridgehead atoms. The standard InChI is InChI=1S/C13H11ClF3N3O/c1-3-9-11(19-20-12(14)18-9)8-5-4-7(13(15,16)17)6-10(8)21-2/h4-6H,3H2,1-2H3. The van der Waals surface area contributed by atoms with Crippen molar-refractivity contribution in [2.75, 3.05) is 7.11 Å². The monoisotopic (exact) mass is 317 g/mol. The minimum atomic E-state index is -4.44. The summed E-state index contributed by atoms with van der Waals surface area (Å²) in [5.74, 6) is 0.0537. The van der Waals surface area contributed by atoms with Crippen molar-refractivity contribution in [1.82, 2.24) is 15.2 Å². The molecule has 1 aromatic carbocycles. The van der Waals surface area contributed by atoms with E-state index in [1.165, 1.54) is 13.2 Å². The Morgan fingerprint density at radius 3 is 2.52 bits per heavy atom. The fraction of sp³-hybridized carbons (Fsp3) is 0.308. The zero-order valence-corrected chi connectivity index (χ0v) is 12.0. The molecule has 0 N–H and O–H groups in total. The first-order valence-corrected chi connectivity index (χ1v) is 6.39. The van der Waals surface area contributed by atoms with Gasteiger partial charge in [-0.25, -0.2) is 4.98 Å². The molecule has 0 fully saturated rings. The maximum atomic E-state index is 12.7. The predicted octanol–water partition coefficient (Wildman–Crippen LogP) is 3.78. The number of alkyl halides is 3. The van der Waals surface area contributed by atoms with Crippen molar-refractivity contribution >= 4 is 11.6 Å². The molecule has 1 heterocycles. The molecule has 112 valence electrons. The van der Waals surface area contributed by atoms with Crippen LogP contribution in [-0.4, -0.2) is 22.3 Å². The lowest BCUT2D eigenvalue weighted by molar-refractivity contribution is -0.137. The molecule has 0 spiro atoms. The Morgan fingerprint density at radius 2 is 1.95 bits per heavy atom. The highest BCUT2D eigenvalue weighted by Crippen LogP contribution is 2.37. The van der Waals surface area contributed by atoms with E-state index in [0.29, 0.717) is 23.4 Å². The van der Waals surface area contributed by atoms with Crippen LogP contribution in [-0.2, 0) is 12.6 Å². The Kier molecular flexibility index (Phi) is 4.32. The molecule has 1 aromatic heterocycles. The van der Waals surface area contributed by atoms with Gasteiger partial charge in [-0.3, -0.25) is 0 Å². The van der Waals surface area contributed by atoms with Crippen LogP contribution in [0.1, 0.15) is 18.2 Å². The lowest BCUT2D eigenvalue weighted by atomic mass is 10.0. The Bertz CT molecular complexity index is 662. The average Bonchev–Trinajstić information content (AvgIpc) is 2.45. The molecule has 0 aliphatic rings. The number of hydrogen-bond acceptors (Lipinski definition) is 4. The van der Waals surface area contributed by atoms with E-state index in [9.17, 15) is 13.2 Å². The van der Waals surface area contributed by atoms with Gasteiger partial charge in [-0.05, 0) is 36.2 Å². The second-order valence-corrected chi connectivity index (χ2v) is 4.48. The van der Waals surface area contributed by atoms with Crippen LogP contribution in [0.15, 0.2) is 18.2 Å². The lowest BCUT2D eigenvalue weighted by Gasteiger charge is -2.13. The van der Waals surface area contributed by atoms with E-state index in [2.05, 4.69) is 15.2 Å². The Labute approximate surface area is 123 Å². The highest BCUT2D eigenvalue weighted by Gasteiger charge is 2.31. The Hall–Kier alpha value is -1.89. The SMILES string of the molecule is CCc1nc(Cl)nnc1-c1ccc(C(F)(F)F)cc1OC. The first-order chi connectivity index (χ1) is 9.86. The fourth-order valence-electron chi connectivity index (χ4n) is 1.85. The van der Waals surface area contributed by atoms with Crippen molar-refractivity contribution in [3.05, 3.63) is 34.7 Å². The minimum Gasteiger partial charge on any atom is -0.496 e. The molecule has 0 radical (unpaired) electrons. The van der Waals surface area contributed by atoms with E-state index < -0.39 is 11.7 Å². The third-order valence-electron chi connectivity index (χ3n) is 2.85. The number of methoxy groups -OCH3 is 1. The van der Waals surface area contributed by atoms with Crippen molar-refractivity contribution in [1.29, 1.82) is 0 Å². The van der Waals surface area contributed by atoms with Crippen molar-refractivity contribution in [2.45, 2.75) is 19.5 Å². The maximum Gasteiger partial charge on any atom is 0.416 e. The summed E-state index contributed by atoms with van der Waals surface area (Å²) in [5.41, 5.74) is 0.482. The molecule has 8 heteroatoms. The second kappa shape index (κ2) is 5.85. The van der Waals surface area contributed by atoms with Gasteiger partial charge in [0.25, 0.3) is 0 Å². The summed E-state index contributed by atoms with van der Waals surface area (Å²) < 4.78 is 43.2. The predicted molar refractivity (Wildman–Crippen MR) is 71.2 cm³/mol. The van der Waals surface area contributed by atoms with E-state index in [0.717, 1.165) is 12.1 Å². The van der Waals surface area contributed by atoms with Crippen molar-refractivity contribution < 1.29 is 17.9 Å². The number of aryl methyl sites for hydroxylation is 1. The van der Waals surface area contributed by atoms with Crippen LogP contribution in [0.2, 0.25) is 5.28 Å². The van der Waals surface area contributed by atoms with E-state index in [-0.39, 0.29) is 11.0 Å².